The molecule has 2 atom stereocenters. The summed E-state index contributed by atoms with van der Waals surface area (Å²) in [6.45, 7) is 8.13. The van der Waals surface area contributed by atoms with Crippen molar-refractivity contribution in [2.24, 2.45) is 0 Å². The molecular weight excluding hydrogens is 334 g/mol. The van der Waals surface area contributed by atoms with Crippen LogP contribution in [0, 0.1) is 13.8 Å². The molecule has 3 heteroatoms. The Morgan fingerprint density at radius 1 is 1.15 bits per heavy atom. The predicted molar refractivity (Wildman–Crippen MR) is 110 cm³/mol. The Hall–Kier alpha value is -2.29. The van der Waals surface area contributed by atoms with Crippen molar-refractivity contribution in [2.75, 3.05) is 0 Å². The van der Waals surface area contributed by atoms with E-state index < -0.39 is 6.10 Å². The van der Waals surface area contributed by atoms with Crippen LogP contribution in [-0.4, -0.2) is 12.0 Å². The van der Waals surface area contributed by atoms with Crippen molar-refractivity contribution in [1.82, 2.24) is 5.32 Å². The number of amides is 1. The van der Waals surface area contributed by atoms with Gasteiger partial charge in [0, 0.05) is 0 Å². The van der Waals surface area contributed by atoms with Gasteiger partial charge in [-0.3, -0.25) is 4.79 Å². The SMILES string of the molecule is CC[C@@H](NC(=O)[C@H](C)Oc1cccc2c1CCCC2)c1ccc(C)cc1C. The van der Waals surface area contributed by atoms with E-state index in [9.17, 15) is 4.79 Å². The number of benzene rings is 2. The maximum Gasteiger partial charge on any atom is 0.261 e. The van der Waals surface area contributed by atoms with Gasteiger partial charge in [-0.05, 0) is 81.2 Å². The first kappa shape index (κ1) is 19.5. The van der Waals surface area contributed by atoms with Gasteiger partial charge in [0.2, 0.25) is 0 Å². The molecule has 0 heterocycles. The van der Waals surface area contributed by atoms with Crippen LogP contribution in [0.15, 0.2) is 36.4 Å². The second-order valence-electron chi connectivity index (χ2n) is 7.69. The highest BCUT2D eigenvalue weighted by atomic mass is 16.5. The molecule has 1 aliphatic carbocycles. The molecule has 0 aromatic heterocycles. The molecule has 0 radical (unpaired) electrons. The Kier molecular flexibility index (Phi) is 6.20. The van der Waals surface area contributed by atoms with Crippen molar-refractivity contribution in [3.8, 4) is 5.75 Å². The molecule has 0 saturated carbocycles. The number of hydrogen-bond donors (Lipinski definition) is 1. The Bertz CT molecular complexity index is 812. The summed E-state index contributed by atoms with van der Waals surface area (Å²) in [6.07, 6.45) is 4.91. The molecule has 2 aromatic rings. The highest BCUT2D eigenvalue weighted by Crippen LogP contribution is 2.30. The average molecular weight is 366 g/mol. The lowest BCUT2D eigenvalue weighted by Crippen LogP contribution is -2.38. The number of nitrogens with one attached hydrogen (secondary N) is 1. The highest BCUT2D eigenvalue weighted by molar-refractivity contribution is 5.81. The lowest BCUT2D eigenvalue weighted by molar-refractivity contribution is -0.128. The summed E-state index contributed by atoms with van der Waals surface area (Å²) < 4.78 is 6.09. The van der Waals surface area contributed by atoms with Crippen LogP contribution in [0.2, 0.25) is 0 Å². The van der Waals surface area contributed by atoms with Gasteiger partial charge in [-0.15, -0.1) is 0 Å². The van der Waals surface area contributed by atoms with Crippen LogP contribution in [0.5, 0.6) is 5.75 Å². The number of carbonyl (C=O) groups excluding carboxylic acids is 1. The largest absolute Gasteiger partial charge is 0.481 e. The van der Waals surface area contributed by atoms with Crippen LogP contribution in [-0.2, 0) is 17.6 Å². The van der Waals surface area contributed by atoms with E-state index in [0.29, 0.717) is 0 Å². The molecule has 0 saturated heterocycles. The van der Waals surface area contributed by atoms with Crippen molar-refractivity contribution >= 4 is 5.91 Å². The lowest BCUT2D eigenvalue weighted by Gasteiger charge is -2.24. The maximum absolute atomic E-state index is 12.8. The molecular formula is C24H31NO2. The van der Waals surface area contributed by atoms with Crippen LogP contribution in [0.25, 0.3) is 0 Å². The van der Waals surface area contributed by atoms with Crippen LogP contribution in [0.4, 0.5) is 0 Å². The fraction of sp³-hybridized carbons (Fsp3) is 0.458. The average Bonchev–Trinajstić information content (AvgIpc) is 2.66. The molecule has 1 N–H and O–H groups in total. The van der Waals surface area contributed by atoms with Gasteiger partial charge in [0.05, 0.1) is 6.04 Å². The van der Waals surface area contributed by atoms with Crippen molar-refractivity contribution in [1.29, 1.82) is 0 Å². The summed E-state index contributed by atoms with van der Waals surface area (Å²) >= 11 is 0. The van der Waals surface area contributed by atoms with Gasteiger partial charge in [0.1, 0.15) is 5.75 Å². The standard InChI is InChI=1S/C24H31NO2/c1-5-22(20-14-13-16(2)15-17(20)3)25-24(26)18(4)27-23-12-8-10-19-9-6-7-11-21(19)23/h8,10,12-15,18,22H,5-7,9,11H2,1-4H3,(H,25,26)/t18-,22+/m0/s1. The van der Waals surface area contributed by atoms with E-state index in [4.69, 9.17) is 4.74 Å². The third-order valence-corrected chi connectivity index (χ3v) is 5.55. The highest BCUT2D eigenvalue weighted by Gasteiger charge is 2.22. The van der Waals surface area contributed by atoms with Gasteiger partial charge in [-0.1, -0.05) is 42.8 Å². The van der Waals surface area contributed by atoms with Crippen molar-refractivity contribution in [2.45, 2.75) is 71.9 Å². The third kappa shape index (κ3) is 4.52. The third-order valence-electron chi connectivity index (χ3n) is 5.55. The van der Waals surface area contributed by atoms with Crippen molar-refractivity contribution in [3.05, 3.63) is 64.2 Å². The molecule has 0 unspecified atom stereocenters. The first-order valence-electron chi connectivity index (χ1n) is 10.1. The number of ether oxygens (including phenoxy) is 1. The van der Waals surface area contributed by atoms with Gasteiger partial charge in [0.15, 0.2) is 6.10 Å². The minimum absolute atomic E-state index is 0.00818. The zero-order valence-corrected chi connectivity index (χ0v) is 17.0. The number of aryl methyl sites for hydroxylation is 3. The Labute approximate surface area is 163 Å². The van der Waals surface area contributed by atoms with E-state index in [1.54, 1.807) is 0 Å². The fourth-order valence-corrected chi connectivity index (χ4v) is 4.01. The van der Waals surface area contributed by atoms with Crippen LogP contribution in [0.1, 0.15) is 67.0 Å². The topological polar surface area (TPSA) is 38.3 Å². The molecule has 3 rings (SSSR count). The van der Waals surface area contributed by atoms with Gasteiger partial charge in [-0.25, -0.2) is 0 Å². The summed E-state index contributed by atoms with van der Waals surface area (Å²) in [5.41, 5.74) is 6.29. The quantitative estimate of drug-likeness (QED) is 0.762. The second-order valence-corrected chi connectivity index (χ2v) is 7.69. The number of carbonyl (C=O) groups is 1. The Morgan fingerprint density at radius 2 is 1.93 bits per heavy atom. The van der Waals surface area contributed by atoms with E-state index in [0.717, 1.165) is 25.0 Å². The summed E-state index contributed by atoms with van der Waals surface area (Å²) in [7, 11) is 0. The molecule has 1 amide bonds. The molecule has 0 fully saturated rings. The van der Waals surface area contributed by atoms with E-state index >= 15 is 0 Å². The van der Waals surface area contributed by atoms with Gasteiger partial charge < -0.3 is 10.1 Å². The van der Waals surface area contributed by atoms with Crippen molar-refractivity contribution in [3.63, 3.8) is 0 Å². The summed E-state index contributed by atoms with van der Waals surface area (Å²) in [4.78, 5) is 12.8. The number of fused-ring (bicyclic) bond motifs is 1. The molecule has 0 bridgehead atoms. The predicted octanol–water partition coefficient (Wildman–Crippen LogP) is 5.22. The molecule has 3 nitrogen and oxygen atoms in total. The van der Waals surface area contributed by atoms with Crippen LogP contribution in [0.3, 0.4) is 0 Å². The number of hydrogen-bond acceptors (Lipinski definition) is 2. The fourth-order valence-electron chi connectivity index (χ4n) is 4.01. The smallest absolute Gasteiger partial charge is 0.261 e. The molecule has 0 spiro atoms. The van der Waals surface area contributed by atoms with E-state index in [-0.39, 0.29) is 11.9 Å². The molecule has 144 valence electrons. The summed E-state index contributed by atoms with van der Waals surface area (Å²) in [5.74, 6) is 0.810. The molecule has 27 heavy (non-hydrogen) atoms. The summed E-state index contributed by atoms with van der Waals surface area (Å²) in [5, 5.41) is 3.18. The van der Waals surface area contributed by atoms with Gasteiger partial charge >= 0.3 is 0 Å². The van der Waals surface area contributed by atoms with Crippen LogP contribution < -0.4 is 10.1 Å². The lowest BCUT2D eigenvalue weighted by atomic mass is 9.91. The van der Waals surface area contributed by atoms with E-state index in [2.05, 4.69) is 50.4 Å². The second kappa shape index (κ2) is 8.60. The van der Waals surface area contributed by atoms with Crippen molar-refractivity contribution < 1.29 is 9.53 Å². The minimum atomic E-state index is -0.516. The zero-order valence-electron chi connectivity index (χ0n) is 17.0. The molecule has 2 aromatic carbocycles. The first-order chi connectivity index (χ1) is 13.0. The van der Waals surface area contributed by atoms with Gasteiger partial charge in [0.25, 0.3) is 5.91 Å². The van der Waals surface area contributed by atoms with E-state index in [1.807, 2.05) is 19.1 Å². The normalized spacial score (nSPS) is 15.6. The molecule has 1 aliphatic rings. The number of rotatable bonds is 6. The minimum Gasteiger partial charge on any atom is -0.481 e. The van der Waals surface area contributed by atoms with Gasteiger partial charge in [-0.2, -0.15) is 0 Å². The van der Waals surface area contributed by atoms with E-state index in [1.165, 1.54) is 40.7 Å². The monoisotopic (exact) mass is 365 g/mol. The Morgan fingerprint density at radius 3 is 2.67 bits per heavy atom. The maximum atomic E-state index is 12.8. The molecule has 0 aliphatic heterocycles. The summed E-state index contributed by atoms with van der Waals surface area (Å²) in [6, 6.07) is 12.6. The first-order valence-corrected chi connectivity index (χ1v) is 10.1. The Balaban J connectivity index is 1.70. The van der Waals surface area contributed by atoms with Crippen LogP contribution >= 0.6 is 0 Å². The zero-order chi connectivity index (χ0) is 19.4.